The molecule has 9 heteroatoms. The van der Waals surface area contributed by atoms with Crippen LogP contribution in [-0.4, -0.2) is 10.8 Å². The standard InChI is InChI=1S/C16H10ClF3N2O3/c17-13-9-11(16(18,19)20)5-6-14(13)21-15(23)7-4-10-2-1-3-12(8-10)22(24)25/h1-9H,(H,21,23)/b7-4+. The molecule has 0 bridgehead atoms. The van der Waals surface area contributed by atoms with Crippen molar-refractivity contribution in [2.75, 3.05) is 5.32 Å². The molecule has 0 saturated carbocycles. The number of benzene rings is 2. The zero-order valence-electron chi connectivity index (χ0n) is 12.4. The molecular weight excluding hydrogens is 361 g/mol. The van der Waals surface area contributed by atoms with Crippen molar-refractivity contribution >= 4 is 35.0 Å². The molecule has 0 atom stereocenters. The van der Waals surface area contributed by atoms with Gasteiger partial charge in [0.05, 0.1) is 21.2 Å². The van der Waals surface area contributed by atoms with Crippen LogP contribution in [0.4, 0.5) is 24.5 Å². The Kier molecular flexibility index (Phi) is 5.43. The summed E-state index contributed by atoms with van der Waals surface area (Å²) in [4.78, 5) is 21.9. The number of hydrogen-bond donors (Lipinski definition) is 1. The summed E-state index contributed by atoms with van der Waals surface area (Å²) in [5, 5.41) is 12.8. The molecule has 0 radical (unpaired) electrons. The lowest BCUT2D eigenvalue weighted by molar-refractivity contribution is -0.384. The van der Waals surface area contributed by atoms with Gasteiger partial charge in [-0.2, -0.15) is 13.2 Å². The summed E-state index contributed by atoms with van der Waals surface area (Å²) in [5.41, 5.74) is -0.623. The number of nitro benzene ring substituents is 1. The summed E-state index contributed by atoms with van der Waals surface area (Å²) >= 11 is 5.74. The first-order valence-electron chi connectivity index (χ1n) is 6.77. The van der Waals surface area contributed by atoms with Crippen LogP contribution in [0.15, 0.2) is 48.5 Å². The average molecular weight is 371 g/mol. The van der Waals surface area contributed by atoms with Crippen LogP contribution >= 0.6 is 11.6 Å². The highest BCUT2D eigenvalue weighted by Gasteiger charge is 2.30. The predicted molar refractivity (Wildman–Crippen MR) is 87.2 cm³/mol. The molecule has 0 fully saturated rings. The summed E-state index contributed by atoms with van der Waals surface area (Å²) in [5.74, 6) is -0.645. The molecule has 0 aliphatic carbocycles. The third-order valence-electron chi connectivity index (χ3n) is 3.06. The molecule has 2 aromatic rings. The van der Waals surface area contributed by atoms with Crippen molar-refractivity contribution in [1.29, 1.82) is 0 Å². The smallest absolute Gasteiger partial charge is 0.321 e. The fraction of sp³-hybridized carbons (Fsp3) is 0.0625. The van der Waals surface area contributed by atoms with Crippen molar-refractivity contribution in [3.63, 3.8) is 0 Å². The van der Waals surface area contributed by atoms with Gasteiger partial charge in [-0.05, 0) is 29.8 Å². The van der Waals surface area contributed by atoms with Crippen molar-refractivity contribution in [2.45, 2.75) is 6.18 Å². The Balaban J connectivity index is 2.10. The van der Waals surface area contributed by atoms with Crippen molar-refractivity contribution in [3.8, 4) is 0 Å². The highest BCUT2D eigenvalue weighted by Crippen LogP contribution is 2.33. The summed E-state index contributed by atoms with van der Waals surface area (Å²) in [6.07, 6.45) is -2.11. The van der Waals surface area contributed by atoms with E-state index in [1.807, 2.05) is 0 Å². The van der Waals surface area contributed by atoms with Crippen LogP contribution in [0.2, 0.25) is 5.02 Å². The monoisotopic (exact) mass is 370 g/mol. The Morgan fingerprint density at radius 1 is 1.20 bits per heavy atom. The topological polar surface area (TPSA) is 72.2 Å². The van der Waals surface area contributed by atoms with Crippen LogP contribution < -0.4 is 5.32 Å². The molecule has 0 aliphatic heterocycles. The highest BCUT2D eigenvalue weighted by atomic mass is 35.5. The predicted octanol–water partition coefficient (Wildman–Crippen LogP) is 4.92. The maximum atomic E-state index is 12.6. The molecule has 25 heavy (non-hydrogen) atoms. The number of nitro groups is 1. The summed E-state index contributed by atoms with van der Waals surface area (Å²) in [6.45, 7) is 0. The average Bonchev–Trinajstić information content (AvgIpc) is 2.54. The van der Waals surface area contributed by atoms with Gasteiger partial charge in [0.25, 0.3) is 5.69 Å². The molecule has 0 unspecified atom stereocenters. The van der Waals surface area contributed by atoms with Crippen LogP contribution in [-0.2, 0) is 11.0 Å². The number of carbonyl (C=O) groups is 1. The summed E-state index contributed by atoms with van der Waals surface area (Å²) in [6, 6.07) is 8.15. The number of alkyl halides is 3. The van der Waals surface area contributed by atoms with Crippen LogP contribution in [0, 0.1) is 10.1 Å². The van der Waals surface area contributed by atoms with Gasteiger partial charge in [-0.25, -0.2) is 0 Å². The van der Waals surface area contributed by atoms with E-state index in [2.05, 4.69) is 5.32 Å². The molecule has 1 N–H and O–H groups in total. The third-order valence-corrected chi connectivity index (χ3v) is 3.38. The first kappa shape index (κ1) is 18.5. The Labute approximate surface area is 144 Å². The highest BCUT2D eigenvalue weighted by molar-refractivity contribution is 6.34. The van der Waals surface area contributed by atoms with E-state index in [9.17, 15) is 28.1 Å². The van der Waals surface area contributed by atoms with Crippen LogP contribution in [0.1, 0.15) is 11.1 Å². The molecule has 5 nitrogen and oxygen atoms in total. The van der Waals surface area contributed by atoms with Gasteiger partial charge in [-0.15, -0.1) is 0 Å². The molecule has 2 aromatic carbocycles. The number of amides is 1. The zero-order valence-corrected chi connectivity index (χ0v) is 13.1. The second-order valence-corrected chi connectivity index (χ2v) is 5.27. The molecule has 0 aliphatic rings. The van der Waals surface area contributed by atoms with Crippen LogP contribution in [0.3, 0.4) is 0 Å². The Morgan fingerprint density at radius 3 is 2.52 bits per heavy atom. The Morgan fingerprint density at radius 2 is 1.92 bits per heavy atom. The van der Waals surface area contributed by atoms with E-state index < -0.39 is 22.6 Å². The fourth-order valence-corrected chi connectivity index (χ4v) is 2.11. The molecule has 2 rings (SSSR count). The minimum absolute atomic E-state index is 0.0170. The fourth-order valence-electron chi connectivity index (χ4n) is 1.88. The van der Waals surface area contributed by atoms with E-state index >= 15 is 0 Å². The number of rotatable bonds is 4. The molecular formula is C16H10ClF3N2O3. The van der Waals surface area contributed by atoms with E-state index in [4.69, 9.17) is 11.6 Å². The maximum Gasteiger partial charge on any atom is 0.416 e. The molecule has 0 heterocycles. The number of hydrogen-bond acceptors (Lipinski definition) is 3. The normalized spacial score (nSPS) is 11.5. The molecule has 0 aromatic heterocycles. The van der Waals surface area contributed by atoms with E-state index in [1.165, 1.54) is 24.3 Å². The lowest BCUT2D eigenvalue weighted by Crippen LogP contribution is -2.10. The number of carbonyl (C=O) groups excluding carboxylic acids is 1. The quantitative estimate of drug-likeness (QED) is 0.471. The first-order chi connectivity index (χ1) is 11.7. The molecule has 0 spiro atoms. The van der Waals surface area contributed by atoms with Crippen molar-refractivity contribution in [2.24, 2.45) is 0 Å². The van der Waals surface area contributed by atoms with E-state index in [0.29, 0.717) is 11.6 Å². The van der Waals surface area contributed by atoms with Gasteiger partial charge in [-0.3, -0.25) is 14.9 Å². The third kappa shape index (κ3) is 5.05. The van der Waals surface area contributed by atoms with Crippen LogP contribution in [0.5, 0.6) is 0 Å². The SMILES string of the molecule is O=C(/C=C/c1cccc([N+](=O)[O-])c1)Nc1ccc(C(F)(F)F)cc1Cl. The first-order valence-corrected chi connectivity index (χ1v) is 7.15. The number of nitrogens with one attached hydrogen (secondary N) is 1. The maximum absolute atomic E-state index is 12.6. The number of halogens is 4. The van der Waals surface area contributed by atoms with Crippen molar-refractivity contribution in [3.05, 3.63) is 74.8 Å². The minimum Gasteiger partial charge on any atom is -0.321 e. The second kappa shape index (κ2) is 7.35. The van der Waals surface area contributed by atoms with Gasteiger partial charge in [-0.1, -0.05) is 23.7 Å². The molecule has 1 amide bonds. The van der Waals surface area contributed by atoms with E-state index in [-0.39, 0.29) is 16.4 Å². The van der Waals surface area contributed by atoms with Gasteiger partial charge in [0.2, 0.25) is 5.91 Å². The van der Waals surface area contributed by atoms with Crippen molar-refractivity contribution < 1.29 is 22.9 Å². The summed E-state index contributed by atoms with van der Waals surface area (Å²) < 4.78 is 37.7. The molecule has 130 valence electrons. The van der Waals surface area contributed by atoms with Gasteiger partial charge in [0.15, 0.2) is 0 Å². The zero-order chi connectivity index (χ0) is 18.6. The Hall–Kier alpha value is -2.87. The van der Waals surface area contributed by atoms with E-state index in [0.717, 1.165) is 18.2 Å². The van der Waals surface area contributed by atoms with Crippen molar-refractivity contribution in [1.82, 2.24) is 0 Å². The van der Waals surface area contributed by atoms with Gasteiger partial charge < -0.3 is 5.32 Å². The Bertz CT molecular complexity index is 851. The lowest BCUT2D eigenvalue weighted by atomic mass is 10.2. The summed E-state index contributed by atoms with van der Waals surface area (Å²) in [7, 11) is 0. The second-order valence-electron chi connectivity index (χ2n) is 4.87. The minimum atomic E-state index is -4.53. The van der Waals surface area contributed by atoms with Crippen LogP contribution in [0.25, 0.3) is 6.08 Å². The van der Waals surface area contributed by atoms with E-state index in [1.54, 1.807) is 6.07 Å². The number of anilines is 1. The molecule has 0 saturated heterocycles. The lowest BCUT2D eigenvalue weighted by Gasteiger charge is -2.10. The number of non-ortho nitro benzene ring substituents is 1. The largest absolute Gasteiger partial charge is 0.416 e. The van der Waals surface area contributed by atoms with Gasteiger partial charge in [0, 0.05) is 18.2 Å². The number of nitrogens with zero attached hydrogens (tertiary/aromatic N) is 1. The van der Waals surface area contributed by atoms with Gasteiger partial charge in [0.1, 0.15) is 0 Å². The van der Waals surface area contributed by atoms with Gasteiger partial charge >= 0.3 is 6.18 Å².